The van der Waals surface area contributed by atoms with Gasteiger partial charge in [0, 0.05) is 13.2 Å². The molecule has 3 N–H and O–H groups in total. The van der Waals surface area contributed by atoms with Crippen molar-refractivity contribution in [1.82, 2.24) is 9.78 Å². The molecule has 2 aromatic rings. The number of rotatable bonds is 2. The van der Waals surface area contributed by atoms with E-state index in [9.17, 15) is 9.18 Å². The van der Waals surface area contributed by atoms with Crippen molar-refractivity contribution >= 4 is 17.3 Å². The van der Waals surface area contributed by atoms with Gasteiger partial charge in [0.2, 0.25) is 0 Å². The van der Waals surface area contributed by atoms with Crippen LogP contribution in [0.3, 0.4) is 0 Å². The van der Waals surface area contributed by atoms with Gasteiger partial charge in [-0.1, -0.05) is 0 Å². The van der Waals surface area contributed by atoms with Crippen molar-refractivity contribution in [3.63, 3.8) is 0 Å². The zero-order valence-electron chi connectivity index (χ0n) is 10.0. The first-order valence-electron chi connectivity index (χ1n) is 5.31. The van der Waals surface area contributed by atoms with E-state index in [1.54, 1.807) is 13.1 Å². The molecule has 0 bridgehead atoms. The molecule has 0 aliphatic heterocycles. The molecular weight excluding hydrogens is 249 g/mol. The molecule has 0 saturated carbocycles. The quantitative estimate of drug-likeness (QED) is 0.848. The summed E-state index contributed by atoms with van der Waals surface area (Å²) in [5.41, 5.74) is 6.13. The molecule has 7 heteroatoms. The summed E-state index contributed by atoms with van der Waals surface area (Å²) in [6.07, 6.45) is 1.49. The SMILES string of the molecule is Cn1cc(N)c(C(=O)Nc2ccc(F)cc2C#N)n1. The second kappa shape index (κ2) is 4.78. The largest absolute Gasteiger partial charge is 0.396 e. The number of nitrogens with two attached hydrogens (primary N) is 1. The lowest BCUT2D eigenvalue weighted by atomic mass is 10.2. The molecule has 6 nitrogen and oxygen atoms in total. The highest BCUT2D eigenvalue weighted by Crippen LogP contribution is 2.18. The van der Waals surface area contributed by atoms with Crippen LogP contribution in [0.15, 0.2) is 24.4 Å². The van der Waals surface area contributed by atoms with Crippen molar-refractivity contribution in [2.45, 2.75) is 0 Å². The molecule has 96 valence electrons. The first kappa shape index (κ1) is 12.6. The Morgan fingerprint density at radius 3 is 2.89 bits per heavy atom. The van der Waals surface area contributed by atoms with Gasteiger partial charge in [0.15, 0.2) is 5.69 Å². The average molecular weight is 259 g/mol. The third kappa shape index (κ3) is 2.52. The highest BCUT2D eigenvalue weighted by Gasteiger charge is 2.15. The lowest BCUT2D eigenvalue weighted by Gasteiger charge is -2.05. The molecular formula is C12H10FN5O. The maximum Gasteiger partial charge on any atom is 0.278 e. The summed E-state index contributed by atoms with van der Waals surface area (Å²) in [7, 11) is 1.63. The van der Waals surface area contributed by atoms with Gasteiger partial charge >= 0.3 is 0 Å². The lowest BCUT2D eigenvalue weighted by molar-refractivity contribution is 0.102. The number of halogens is 1. The molecule has 1 aromatic carbocycles. The number of nitrogen functional groups attached to an aromatic ring is 1. The van der Waals surface area contributed by atoms with Crippen LogP contribution in [-0.2, 0) is 7.05 Å². The van der Waals surface area contributed by atoms with Gasteiger partial charge < -0.3 is 11.1 Å². The van der Waals surface area contributed by atoms with E-state index in [2.05, 4.69) is 10.4 Å². The number of nitrogens with zero attached hydrogens (tertiary/aromatic N) is 3. The van der Waals surface area contributed by atoms with Gasteiger partial charge in [-0.3, -0.25) is 9.48 Å². The number of anilines is 2. The van der Waals surface area contributed by atoms with Crippen LogP contribution in [0, 0.1) is 17.1 Å². The molecule has 0 aliphatic rings. The van der Waals surface area contributed by atoms with Crippen LogP contribution in [0.4, 0.5) is 15.8 Å². The van der Waals surface area contributed by atoms with Crippen molar-refractivity contribution in [2.75, 3.05) is 11.1 Å². The summed E-state index contributed by atoms with van der Waals surface area (Å²) in [6, 6.07) is 5.30. The number of nitriles is 1. The Labute approximate surface area is 108 Å². The second-order valence-electron chi connectivity index (χ2n) is 3.86. The first-order valence-corrected chi connectivity index (χ1v) is 5.31. The molecule has 1 aromatic heterocycles. The van der Waals surface area contributed by atoms with Crippen molar-refractivity contribution in [1.29, 1.82) is 5.26 Å². The monoisotopic (exact) mass is 259 g/mol. The van der Waals surface area contributed by atoms with Gasteiger partial charge in [0.05, 0.1) is 16.9 Å². The van der Waals surface area contributed by atoms with Crippen LogP contribution >= 0.6 is 0 Å². The maximum absolute atomic E-state index is 13.0. The van der Waals surface area contributed by atoms with Gasteiger partial charge in [0.1, 0.15) is 11.9 Å². The third-order valence-electron chi connectivity index (χ3n) is 2.42. The fourth-order valence-corrected chi connectivity index (χ4v) is 1.58. The molecule has 1 heterocycles. The predicted octanol–water partition coefficient (Wildman–Crippen LogP) is 1.27. The summed E-state index contributed by atoms with van der Waals surface area (Å²) < 4.78 is 14.4. The topological polar surface area (TPSA) is 96.7 Å². The van der Waals surface area contributed by atoms with E-state index < -0.39 is 11.7 Å². The molecule has 0 spiro atoms. The highest BCUT2D eigenvalue weighted by molar-refractivity contribution is 6.06. The van der Waals surface area contributed by atoms with E-state index in [0.29, 0.717) is 0 Å². The minimum Gasteiger partial charge on any atom is -0.396 e. The molecule has 0 radical (unpaired) electrons. The number of aryl methyl sites for hydroxylation is 1. The van der Waals surface area contributed by atoms with E-state index in [1.165, 1.54) is 16.9 Å². The number of benzene rings is 1. The van der Waals surface area contributed by atoms with E-state index in [4.69, 9.17) is 11.0 Å². The van der Waals surface area contributed by atoms with E-state index in [0.717, 1.165) is 12.1 Å². The zero-order valence-corrected chi connectivity index (χ0v) is 10.0. The molecule has 0 unspecified atom stereocenters. The molecule has 0 aliphatic carbocycles. The fourth-order valence-electron chi connectivity index (χ4n) is 1.58. The summed E-state index contributed by atoms with van der Waals surface area (Å²) in [4.78, 5) is 11.9. The Morgan fingerprint density at radius 1 is 1.58 bits per heavy atom. The number of carbonyl (C=O) groups excluding carboxylic acids is 1. The zero-order chi connectivity index (χ0) is 14.0. The predicted molar refractivity (Wildman–Crippen MR) is 66.7 cm³/mol. The van der Waals surface area contributed by atoms with Crippen LogP contribution in [0.2, 0.25) is 0 Å². The normalized spacial score (nSPS) is 9.95. The van der Waals surface area contributed by atoms with Crippen molar-refractivity contribution < 1.29 is 9.18 Å². The summed E-state index contributed by atoms with van der Waals surface area (Å²) in [6.45, 7) is 0. The molecule has 0 saturated heterocycles. The number of carbonyl (C=O) groups is 1. The number of aromatic nitrogens is 2. The van der Waals surface area contributed by atoms with E-state index in [1.807, 2.05) is 0 Å². The Hall–Kier alpha value is -2.88. The van der Waals surface area contributed by atoms with Gasteiger partial charge in [-0.2, -0.15) is 10.4 Å². The summed E-state index contributed by atoms with van der Waals surface area (Å²) in [5, 5.41) is 15.2. The maximum atomic E-state index is 13.0. The fraction of sp³-hybridized carbons (Fsp3) is 0.0833. The molecule has 0 atom stereocenters. The number of nitrogens with one attached hydrogen (secondary N) is 1. The first-order chi connectivity index (χ1) is 9.01. The van der Waals surface area contributed by atoms with Crippen LogP contribution in [0.25, 0.3) is 0 Å². The summed E-state index contributed by atoms with van der Waals surface area (Å²) in [5.74, 6) is -1.10. The average Bonchev–Trinajstić information content (AvgIpc) is 2.70. The number of amides is 1. The highest BCUT2D eigenvalue weighted by atomic mass is 19.1. The van der Waals surface area contributed by atoms with Gasteiger partial charge in [0.25, 0.3) is 5.91 Å². The second-order valence-corrected chi connectivity index (χ2v) is 3.86. The van der Waals surface area contributed by atoms with E-state index in [-0.39, 0.29) is 22.6 Å². The van der Waals surface area contributed by atoms with Crippen molar-refractivity contribution in [2.24, 2.45) is 7.05 Å². The van der Waals surface area contributed by atoms with Gasteiger partial charge in [-0.05, 0) is 18.2 Å². The smallest absolute Gasteiger partial charge is 0.278 e. The van der Waals surface area contributed by atoms with E-state index >= 15 is 0 Å². The Bertz CT molecular complexity index is 686. The van der Waals surface area contributed by atoms with Crippen LogP contribution < -0.4 is 11.1 Å². The summed E-state index contributed by atoms with van der Waals surface area (Å²) >= 11 is 0. The minimum atomic E-state index is -0.554. The third-order valence-corrected chi connectivity index (χ3v) is 2.42. The van der Waals surface area contributed by atoms with Crippen LogP contribution in [0.1, 0.15) is 16.1 Å². The lowest BCUT2D eigenvalue weighted by Crippen LogP contribution is -2.15. The molecule has 1 amide bonds. The molecule has 0 fully saturated rings. The Kier molecular flexibility index (Phi) is 3.16. The van der Waals surface area contributed by atoms with Crippen molar-refractivity contribution in [3.8, 4) is 6.07 Å². The minimum absolute atomic E-state index is 0.0304. The van der Waals surface area contributed by atoms with Gasteiger partial charge in [-0.25, -0.2) is 4.39 Å². The Morgan fingerprint density at radius 2 is 2.32 bits per heavy atom. The van der Waals surface area contributed by atoms with Crippen LogP contribution in [0.5, 0.6) is 0 Å². The molecule has 19 heavy (non-hydrogen) atoms. The Balaban J connectivity index is 2.29. The number of hydrogen-bond acceptors (Lipinski definition) is 4. The number of hydrogen-bond donors (Lipinski definition) is 2. The van der Waals surface area contributed by atoms with Gasteiger partial charge in [-0.15, -0.1) is 0 Å². The van der Waals surface area contributed by atoms with Crippen molar-refractivity contribution in [3.05, 3.63) is 41.5 Å². The van der Waals surface area contributed by atoms with Crippen LogP contribution in [-0.4, -0.2) is 15.7 Å². The standard InChI is InChI=1S/C12H10FN5O/c1-18-6-9(15)11(17-18)12(19)16-10-3-2-8(13)4-7(10)5-14/h2-4,6H,15H2,1H3,(H,16,19). The molecule has 2 rings (SSSR count).